The highest BCUT2D eigenvalue weighted by atomic mass is 16.7. The van der Waals surface area contributed by atoms with Crippen molar-refractivity contribution in [2.45, 2.75) is 105 Å². The first-order valence-electron chi connectivity index (χ1n) is 10.7. The van der Waals surface area contributed by atoms with Crippen LogP contribution in [0.25, 0.3) is 0 Å². The maximum atomic E-state index is 6.47. The summed E-state index contributed by atoms with van der Waals surface area (Å²) in [6.07, 6.45) is 7.23. The zero-order chi connectivity index (χ0) is 18.7. The average molecular weight is 354 g/mol. The summed E-state index contributed by atoms with van der Waals surface area (Å²) in [5.74, 6) is 1.26. The summed E-state index contributed by atoms with van der Waals surface area (Å²) in [5.41, 5.74) is 0.410. The molecule has 0 amide bonds. The van der Waals surface area contributed by atoms with Gasteiger partial charge in [0.05, 0.1) is 12.7 Å². The highest BCUT2D eigenvalue weighted by Crippen LogP contribution is 2.45. The van der Waals surface area contributed by atoms with E-state index in [9.17, 15) is 0 Å². The summed E-state index contributed by atoms with van der Waals surface area (Å²) in [5, 5.41) is 0. The summed E-state index contributed by atoms with van der Waals surface area (Å²) < 4.78 is 12.7. The van der Waals surface area contributed by atoms with Crippen LogP contribution in [-0.2, 0) is 9.47 Å². The molecule has 2 rings (SSSR count). The van der Waals surface area contributed by atoms with Crippen molar-refractivity contribution >= 4 is 0 Å². The quantitative estimate of drug-likeness (QED) is 0.605. The van der Waals surface area contributed by atoms with Crippen molar-refractivity contribution in [3.05, 3.63) is 0 Å². The van der Waals surface area contributed by atoms with Gasteiger partial charge in [-0.25, -0.2) is 0 Å². The van der Waals surface area contributed by atoms with Crippen LogP contribution in [0.1, 0.15) is 87.0 Å². The molecule has 0 aromatic carbocycles. The minimum Gasteiger partial charge on any atom is -0.347 e. The molecule has 0 aromatic heterocycles. The lowest BCUT2D eigenvalue weighted by molar-refractivity contribution is -0.197. The fourth-order valence-corrected chi connectivity index (χ4v) is 4.47. The maximum Gasteiger partial charge on any atom is 0.168 e. The zero-order valence-electron chi connectivity index (χ0n) is 17.9. The molecule has 2 aliphatic rings. The topological polar surface area (TPSA) is 21.7 Å². The van der Waals surface area contributed by atoms with E-state index in [1.54, 1.807) is 0 Å². The molecule has 1 saturated carbocycles. The molecule has 0 radical (unpaired) electrons. The summed E-state index contributed by atoms with van der Waals surface area (Å²) in [4.78, 5) is 2.63. The Bertz CT molecular complexity index is 393. The predicted molar refractivity (Wildman–Crippen MR) is 106 cm³/mol. The van der Waals surface area contributed by atoms with Crippen LogP contribution in [0.4, 0.5) is 0 Å². The van der Waals surface area contributed by atoms with Gasteiger partial charge in [0.15, 0.2) is 5.79 Å². The van der Waals surface area contributed by atoms with E-state index >= 15 is 0 Å². The van der Waals surface area contributed by atoms with Gasteiger partial charge in [-0.3, -0.25) is 0 Å². The first-order chi connectivity index (χ1) is 11.6. The average Bonchev–Trinajstić information content (AvgIpc) is 2.92. The number of hydrogen-bond acceptors (Lipinski definition) is 3. The van der Waals surface area contributed by atoms with Crippen LogP contribution < -0.4 is 0 Å². The van der Waals surface area contributed by atoms with Crippen molar-refractivity contribution in [3.8, 4) is 0 Å². The molecular formula is C22H43NO2. The Morgan fingerprint density at radius 1 is 1.12 bits per heavy atom. The van der Waals surface area contributed by atoms with Gasteiger partial charge in [-0.2, -0.15) is 0 Å². The molecule has 148 valence electrons. The fraction of sp³-hybridized carbons (Fsp3) is 1.00. The van der Waals surface area contributed by atoms with Crippen LogP contribution in [0.5, 0.6) is 0 Å². The molecule has 1 aliphatic heterocycles. The largest absolute Gasteiger partial charge is 0.347 e. The molecule has 2 fully saturated rings. The first kappa shape index (κ1) is 21.2. The van der Waals surface area contributed by atoms with Gasteiger partial charge in [-0.15, -0.1) is 0 Å². The lowest BCUT2D eigenvalue weighted by atomic mass is 9.71. The van der Waals surface area contributed by atoms with E-state index in [1.807, 2.05) is 0 Å². The molecule has 2 atom stereocenters. The minimum atomic E-state index is -0.258. The van der Waals surface area contributed by atoms with Gasteiger partial charge >= 0.3 is 0 Å². The summed E-state index contributed by atoms with van der Waals surface area (Å²) in [6, 6.07) is 0.654. The van der Waals surface area contributed by atoms with Crippen LogP contribution in [0.3, 0.4) is 0 Å². The van der Waals surface area contributed by atoms with Crippen LogP contribution in [-0.4, -0.2) is 42.5 Å². The third-order valence-electron chi connectivity index (χ3n) is 6.44. The summed E-state index contributed by atoms with van der Waals surface area (Å²) in [6.45, 7) is 19.5. The minimum absolute atomic E-state index is 0.258. The van der Waals surface area contributed by atoms with E-state index in [0.29, 0.717) is 17.4 Å². The highest BCUT2D eigenvalue weighted by Gasteiger charge is 2.45. The molecule has 2 unspecified atom stereocenters. The summed E-state index contributed by atoms with van der Waals surface area (Å²) >= 11 is 0. The molecule has 25 heavy (non-hydrogen) atoms. The SMILES string of the molecule is CCC(C)N(CCC1COC2(CCC(C(C)(C)C)CC2)O1)CC(C)C. The van der Waals surface area contributed by atoms with Crippen molar-refractivity contribution in [1.29, 1.82) is 0 Å². The zero-order valence-corrected chi connectivity index (χ0v) is 17.9. The van der Waals surface area contributed by atoms with Gasteiger partial charge in [0.1, 0.15) is 0 Å². The second-order valence-corrected chi connectivity index (χ2v) is 10.0. The van der Waals surface area contributed by atoms with Crippen molar-refractivity contribution in [2.24, 2.45) is 17.3 Å². The van der Waals surface area contributed by atoms with Gasteiger partial charge in [0.25, 0.3) is 0 Å². The predicted octanol–water partition coefficient (Wildman–Crippen LogP) is 5.48. The monoisotopic (exact) mass is 353 g/mol. The highest BCUT2D eigenvalue weighted by molar-refractivity contribution is 4.89. The molecule has 1 spiro atoms. The van der Waals surface area contributed by atoms with E-state index < -0.39 is 0 Å². The number of rotatable bonds is 7. The van der Waals surface area contributed by atoms with Crippen molar-refractivity contribution in [3.63, 3.8) is 0 Å². The van der Waals surface area contributed by atoms with Crippen LogP contribution in [0.15, 0.2) is 0 Å². The summed E-state index contributed by atoms with van der Waals surface area (Å²) in [7, 11) is 0. The Hall–Kier alpha value is -0.120. The van der Waals surface area contributed by atoms with E-state index in [4.69, 9.17) is 9.47 Å². The van der Waals surface area contributed by atoms with Gasteiger partial charge < -0.3 is 14.4 Å². The number of ether oxygens (including phenoxy) is 2. The second kappa shape index (κ2) is 8.71. The van der Waals surface area contributed by atoms with E-state index in [0.717, 1.165) is 38.3 Å². The van der Waals surface area contributed by atoms with Gasteiger partial charge in [0, 0.05) is 32.0 Å². The molecule has 1 heterocycles. The fourth-order valence-electron chi connectivity index (χ4n) is 4.47. The first-order valence-corrected chi connectivity index (χ1v) is 10.7. The van der Waals surface area contributed by atoms with Crippen molar-refractivity contribution in [2.75, 3.05) is 19.7 Å². The van der Waals surface area contributed by atoms with Gasteiger partial charge in [-0.1, -0.05) is 41.5 Å². The lowest BCUT2D eigenvalue weighted by Gasteiger charge is -2.41. The van der Waals surface area contributed by atoms with Crippen molar-refractivity contribution < 1.29 is 9.47 Å². The lowest BCUT2D eigenvalue weighted by Crippen LogP contribution is -2.40. The van der Waals surface area contributed by atoms with Crippen LogP contribution in [0, 0.1) is 17.3 Å². The van der Waals surface area contributed by atoms with E-state index in [-0.39, 0.29) is 11.9 Å². The standard InChI is InChI=1S/C22H43NO2/c1-8-18(4)23(15-17(2)3)14-11-20-16-24-22(25-20)12-9-19(10-13-22)21(5,6)7/h17-20H,8-16H2,1-7H3. The number of hydrogen-bond donors (Lipinski definition) is 0. The van der Waals surface area contributed by atoms with Gasteiger partial charge in [0.2, 0.25) is 0 Å². The Morgan fingerprint density at radius 3 is 2.28 bits per heavy atom. The number of nitrogens with zero attached hydrogens (tertiary/aromatic N) is 1. The third-order valence-corrected chi connectivity index (χ3v) is 6.44. The maximum absolute atomic E-state index is 6.47. The molecule has 0 N–H and O–H groups in total. The molecule has 0 bridgehead atoms. The molecule has 1 saturated heterocycles. The Kier molecular flexibility index (Phi) is 7.38. The van der Waals surface area contributed by atoms with Crippen molar-refractivity contribution in [1.82, 2.24) is 4.90 Å². The van der Waals surface area contributed by atoms with E-state index in [1.165, 1.54) is 25.8 Å². The third kappa shape index (κ3) is 5.94. The Morgan fingerprint density at radius 2 is 1.76 bits per heavy atom. The molecule has 1 aliphatic carbocycles. The Balaban J connectivity index is 1.80. The normalized spacial score (nSPS) is 32.0. The molecule has 3 nitrogen and oxygen atoms in total. The van der Waals surface area contributed by atoms with Crippen LogP contribution >= 0.6 is 0 Å². The molecular weight excluding hydrogens is 310 g/mol. The molecule has 3 heteroatoms. The molecule has 0 aromatic rings. The Labute approximate surface area is 156 Å². The van der Waals surface area contributed by atoms with Gasteiger partial charge in [-0.05, 0) is 49.9 Å². The van der Waals surface area contributed by atoms with E-state index in [2.05, 4.69) is 53.4 Å². The smallest absolute Gasteiger partial charge is 0.168 e. The second-order valence-electron chi connectivity index (χ2n) is 10.0. The van der Waals surface area contributed by atoms with Crippen LogP contribution in [0.2, 0.25) is 0 Å².